The molecule has 0 aliphatic heterocycles. The predicted octanol–water partition coefficient (Wildman–Crippen LogP) is 1.81. The molecular formula is C19H21N5O5S. The van der Waals surface area contributed by atoms with E-state index in [-0.39, 0.29) is 12.0 Å². The number of thiazole rings is 1. The van der Waals surface area contributed by atoms with Gasteiger partial charge >= 0.3 is 12.1 Å². The minimum atomic E-state index is -1.09. The molecule has 11 heteroatoms. The number of aromatic nitrogens is 2. The van der Waals surface area contributed by atoms with Gasteiger partial charge in [-0.25, -0.2) is 14.6 Å². The van der Waals surface area contributed by atoms with Crippen LogP contribution in [0, 0.1) is 11.3 Å². The van der Waals surface area contributed by atoms with Crippen LogP contribution in [0.4, 0.5) is 4.79 Å². The Balaban J connectivity index is 2.14. The molecule has 0 aliphatic rings. The van der Waals surface area contributed by atoms with Crippen LogP contribution in [0.25, 0.3) is 11.4 Å². The quantitative estimate of drug-likeness (QED) is 0.628. The number of alkyl carbamates (subject to hydrolysis) is 1. The second-order valence-electron chi connectivity index (χ2n) is 7.09. The third-order valence-electron chi connectivity index (χ3n) is 3.50. The van der Waals surface area contributed by atoms with Crippen LogP contribution in [-0.2, 0) is 20.7 Å². The molecule has 0 saturated heterocycles. The highest BCUT2D eigenvalue weighted by molar-refractivity contribution is 7.10. The van der Waals surface area contributed by atoms with E-state index in [0.29, 0.717) is 16.4 Å². The standard InChI is InChI=1S/C19H21N5O5S/c1-19(2,3)29-18(27)24-13(17(26)28-7-6-20)8-15-23-14(10-30-15)12-5-4-11(9-22-12)16(21)25/h4-5,9-10,13H,7-8H2,1-3H3,(H2,21,25)(H,24,27)/t13-/m0/s1. The van der Waals surface area contributed by atoms with Crippen molar-refractivity contribution in [1.82, 2.24) is 15.3 Å². The zero-order valence-corrected chi connectivity index (χ0v) is 17.5. The number of carbonyl (C=O) groups is 3. The minimum Gasteiger partial charge on any atom is -0.449 e. The summed E-state index contributed by atoms with van der Waals surface area (Å²) < 4.78 is 10.0. The van der Waals surface area contributed by atoms with Gasteiger partial charge in [-0.2, -0.15) is 5.26 Å². The number of nitriles is 1. The third kappa shape index (κ3) is 6.82. The number of hydrogen-bond acceptors (Lipinski definition) is 9. The maximum Gasteiger partial charge on any atom is 0.408 e. The van der Waals surface area contributed by atoms with Gasteiger partial charge in [0.25, 0.3) is 0 Å². The van der Waals surface area contributed by atoms with Gasteiger partial charge in [0.05, 0.1) is 22.0 Å². The second-order valence-corrected chi connectivity index (χ2v) is 8.03. The van der Waals surface area contributed by atoms with Gasteiger partial charge in [-0.1, -0.05) is 0 Å². The normalized spacial score (nSPS) is 11.8. The first kappa shape index (κ1) is 22.8. The fourth-order valence-corrected chi connectivity index (χ4v) is 3.07. The number of amides is 2. The molecule has 2 heterocycles. The molecule has 0 unspecified atom stereocenters. The molecule has 2 amide bonds. The SMILES string of the molecule is CC(C)(C)OC(=O)N[C@@H](Cc1nc(-c2ccc(C(N)=O)cn2)cs1)C(=O)OCC#N. The molecular weight excluding hydrogens is 410 g/mol. The Kier molecular flexibility index (Phi) is 7.43. The van der Waals surface area contributed by atoms with Crippen LogP contribution in [0.2, 0.25) is 0 Å². The van der Waals surface area contributed by atoms with Crippen molar-refractivity contribution in [2.24, 2.45) is 5.73 Å². The molecule has 2 aromatic heterocycles. The maximum absolute atomic E-state index is 12.3. The Hall–Kier alpha value is -3.52. The van der Waals surface area contributed by atoms with Crippen molar-refractivity contribution in [2.45, 2.75) is 38.8 Å². The van der Waals surface area contributed by atoms with E-state index in [1.54, 1.807) is 38.3 Å². The summed E-state index contributed by atoms with van der Waals surface area (Å²) in [6, 6.07) is 3.77. The van der Waals surface area contributed by atoms with E-state index in [1.807, 2.05) is 0 Å². The zero-order chi connectivity index (χ0) is 22.3. The summed E-state index contributed by atoms with van der Waals surface area (Å²) in [6.45, 7) is 4.64. The number of pyridine rings is 1. The first-order valence-electron chi connectivity index (χ1n) is 8.83. The van der Waals surface area contributed by atoms with Crippen LogP contribution in [0.15, 0.2) is 23.7 Å². The number of esters is 1. The zero-order valence-electron chi connectivity index (χ0n) is 16.7. The van der Waals surface area contributed by atoms with Crippen molar-refractivity contribution < 1.29 is 23.9 Å². The summed E-state index contributed by atoms with van der Waals surface area (Å²) in [5.74, 6) is -1.36. The van der Waals surface area contributed by atoms with Crippen LogP contribution in [0.1, 0.15) is 36.1 Å². The molecule has 0 saturated carbocycles. The lowest BCUT2D eigenvalue weighted by molar-refractivity contribution is -0.144. The van der Waals surface area contributed by atoms with Crippen molar-refractivity contribution >= 4 is 29.3 Å². The smallest absolute Gasteiger partial charge is 0.408 e. The number of nitrogens with zero attached hydrogens (tertiary/aromatic N) is 3. The van der Waals surface area contributed by atoms with Crippen LogP contribution in [0.3, 0.4) is 0 Å². The summed E-state index contributed by atoms with van der Waals surface area (Å²) in [7, 11) is 0. The molecule has 0 bridgehead atoms. The number of hydrogen-bond donors (Lipinski definition) is 2. The lowest BCUT2D eigenvalue weighted by Gasteiger charge is -2.22. The van der Waals surface area contributed by atoms with E-state index in [0.717, 1.165) is 0 Å². The Bertz CT molecular complexity index is 959. The maximum atomic E-state index is 12.3. The Labute approximate surface area is 177 Å². The number of nitrogens with two attached hydrogens (primary N) is 1. The fourth-order valence-electron chi connectivity index (χ4n) is 2.24. The molecule has 0 radical (unpaired) electrons. The predicted molar refractivity (Wildman–Crippen MR) is 107 cm³/mol. The molecule has 0 fully saturated rings. The largest absolute Gasteiger partial charge is 0.449 e. The molecule has 30 heavy (non-hydrogen) atoms. The monoisotopic (exact) mass is 431 g/mol. The summed E-state index contributed by atoms with van der Waals surface area (Å²) in [4.78, 5) is 44.1. The summed E-state index contributed by atoms with van der Waals surface area (Å²) in [5.41, 5.74) is 5.78. The van der Waals surface area contributed by atoms with E-state index >= 15 is 0 Å². The lowest BCUT2D eigenvalue weighted by atomic mass is 10.2. The summed E-state index contributed by atoms with van der Waals surface area (Å²) in [6.07, 6.45) is 0.595. The number of primary amides is 1. The van der Waals surface area contributed by atoms with Crippen molar-refractivity contribution in [2.75, 3.05) is 6.61 Å². The molecule has 0 aromatic carbocycles. The molecule has 1 atom stereocenters. The highest BCUT2D eigenvalue weighted by Crippen LogP contribution is 2.21. The summed E-state index contributed by atoms with van der Waals surface area (Å²) in [5, 5.41) is 13.3. The molecule has 3 N–H and O–H groups in total. The van der Waals surface area contributed by atoms with E-state index in [9.17, 15) is 14.4 Å². The van der Waals surface area contributed by atoms with Crippen LogP contribution < -0.4 is 11.1 Å². The van der Waals surface area contributed by atoms with Gasteiger partial charge in [-0.3, -0.25) is 9.78 Å². The first-order chi connectivity index (χ1) is 14.1. The Morgan fingerprint density at radius 3 is 2.60 bits per heavy atom. The fraction of sp³-hybridized carbons (Fsp3) is 0.368. The Morgan fingerprint density at radius 2 is 2.03 bits per heavy atom. The van der Waals surface area contributed by atoms with E-state index in [1.165, 1.54) is 23.6 Å². The highest BCUT2D eigenvalue weighted by Gasteiger charge is 2.27. The Morgan fingerprint density at radius 1 is 1.30 bits per heavy atom. The lowest BCUT2D eigenvalue weighted by Crippen LogP contribution is -2.45. The van der Waals surface area contributed by atoms with Crippen LogP contribution >= 0.6 is 11.3 Å². The van der Waals surface area contributed by atoms with Gasteiger partial charge in [0.1, 0.15) is 17.7 Å². The minimum absolute atomic E-state index is 0.0353. The van der Waals surface area contributed by atoms with Crippen LogP contribution in [-0.4, -0.2) is 46.2 Å². The van der Waals surface area contributed by atoms with Gasteiger partial charge in [0.15, 0.2) is 6.61 Å². The van der Waals surface area contributed by atoms with Crippen molar-refractivity contribution in [3.05, 3.63) is 34.3 Å². The molecule has 2 rings (SSSR count). The van der Waals surface area contributed by atoms with Gasteiger partial charge < -0.3 is 20.5 Å². The van der Waals surface area contributed by atoms with Gasteiger partial charge in [-0.05, 0) is 32.9 Å². The highest BCUT2D eigenvalue weighted by atomic mass is 32.1. The van der Waals surface area contributed by atoms with Crippen molar-refractivity contribution in [3.8, 4) is 17.5 Å². The van der Waals surface area contributed by atoms with E-state index < -0.39 is 36.2 Å². The molecule has 0 spiro atoms. The first-order valence-corrected chi connectivity index (χ1v) is 9.70. The second kappa shape index (κ2) is 9.80. The van der Waals surface area contributed by atoms with Crippen molar-refractivity contribution in [1.29, 1.82) is 5.26 Å². The molecule has 10 nitrogen and oxygen atoms in total. The average Bonchev–Trinajstić information content (AvgIpc) is 3.12. The van der Waals surface area contributed by atoms with Gasteiger partial charge in [-0.15, -0.1) is 11.3 Å². The average molecular weight is 431 g/mol. The van der Waals surface area contributed by atoms with E-state index in [4.69, 9.17) is 20.5 Å². The van der Waals surface area contributed by atoms with E-state index in [2.05, 4.69) is 15.3 Å². The number of ether oxygens (including phenoxy) is 2. The van der Waals surface area contributed by atoms with Gasteiger partial charge in [0.2, 0.25) is 5.91 Å². The third-order valence-corrected chi connectivity index (χ3v) is 4.37. The topological polar surface area (TPSA) is 157 Å². The van der Waals surface area contributed by atoms with Gasteiger partial charge in [0, 0.05) is 18.0 Å². The molecule has 2 aromatic rings. The van der Waals surface area contributed by atoms with Crippen LogP contribution in [0.5, 0.6) is 0 Å². The van der Waals surface area contributed by atoms with Crippen molar-refractivity contribution in [3.63, 3.8) is 0 Å². The molecule has 0 aliphatic carbocycles. The summed E-state index contributed by atoms with van der Waals surface area (Å²) >= 11 is 1.26. The number of nitrogens with one attached hydrogen (secondary N) is 1. The molecule has 158 valence electrons. The number of rotatable bonds is 7. The number of carbonyl (C=O) groups excluding carboxylic acids is 3.